The van der Waals surface area contributed by atoms with Crippen LogP contribution in [0.2, 0.25) is 0 Å². The Balaban J connectivity index is 2.06. The van der Waals surface area contributed by atoms with Crippen LogP contribution < -0.4 is 10.1 Å². The summed E-state index contributed by atoms with van der Waals surface area (Å²) >= 11 is 3.42. The number of rotatable bonds is 9. The van der Waals surface area contributed by atoms with Gasteiger partial charge in [0.05, 0.1) is 11.1 Å². The van der Waals surface area contributed by atoms with E-state index in [1.807, 2.05) is 11.8 Å². The van der Waals surface area contributed by atoms with E-state index in [1.54, 1.807) is 42.5 Å². The average Bonchev–Trinajstić information content (AvgIpc) is 2.69. The average molecular weight is 447 g/mol. The Hall–Kier alpha value is -2.34. The molecule has 0 aliphatic heterocycles. The van der Waals surface area contributed by atoms with Crippen LogP contribution >= 0.6 is 15.9 Å². The van der Waals surface area contributed by atoms with Crippen molar-refractivity contribution >= 4 is 33.4 Å². The molecule has 2 amide bonds. The van der Waals surface area contributed by atoms with Crippen LogP contribution in [-0.4, -0.2) is 36.4 Å². The number of anilines is 1. The molecular weight excluding hydrogens is 420 g/mol. The van der Waals surface area contributed by atoms with Gasteiger partial charge in [0.25, 0.3) is 11.8 Å². The van der Waals surface area contributed by atoms with Gasteiger partial charge in [-0.2, -0.15) is 0 Å². The van der Waals surface area contributed by atoms with Gasteiger partial charge in [-0.1, -0.05) is 13.8 Å². The maximum absolute atomic E-state index is 12.6. The Morgan fingerprint density at radius 3 is 2.11 bits per heavy atom. The third-order valence-corrected chi connectivity index (χ3v) is 4.78. The second-order valence-electron chi connectivity index (χ2n) is 6.40. The first kappa shape index (κ1) is 22.0. The number of ether oxygens (including phenoxy) is 1. The molecule has 0 unspecified atom stereocenters. The number of amides is 2. The highest BCUT2D eigenvalue weighted by Crippen LogP contribution is 2.26. The zero-order valence-electron chi connectivity index (χ0n) is 16.6. The SMILES string of the molecule is CCCN(CCC)C(=O)c1ccc(NC(=O)c2ccc(OCC)c(Br)c2)cc1. The summed E-state index contributed by atoms with van der Waals surface area (Å²) < 4.78 is 6.20. The molecule has 2 aromatic carbocycles. The van der Waals surface area contributed by atoms with Gasteiger partial charge in [0.15, 0.2) is 0 Å². The van der Waals surface area contributed by atoms with Gasteiger partial charge in [-0.05, 0) is 78.2 Å². The van der Waals surface area contributed by atoms with E-state index in [9.17, 15) is 9.59 Å². The number of benzene rings is 2. The standard InChI is InChI=1S/C22H27BrN2O3/c1-4-13-25(14-5-2)22(27)16-7-10-18(11-8-16)24-21(26)17-9-12-20(28-6-3)19(23)15-17/h7-12,15H,4-6,13-14H2,1-3H3,(H,24,26). The minimum Gasteiger partial charge on any atom is -0.493 e. The fourth-order valence-electron chi connectivity index (χ4n) is 2.85. The molecule has 0 atom stereocenters. The van der Waals surface area contributed by atoms with E-state index in [0.717, 1.165) is 30.4 Å². The minimum atomic E-state index is -0.221. The van der Waals surface area contributed by atoms with E-state index < -0.39 is 0 Å². The summed E-state index contributed by atoms with van der Waals surface area (Å²) in [6, 6.07) is 12.2. The molecule has 150 valence electrons. The van der Waals surface area contributed by atoms with Crippen LogP contribution in [0.25, 0.3) is 0 Å². The van der Waals surface area contributed by atoms with Crippen molar-refractivity contribution in [2.75, 3.05) is 25.0 Å². The number of carbonyl (C=O) groups excluding carboxylic acids is 2. The van der Waals surface area contributed by atoms with Gasteiger partial charge in [0.2, 0.25) is 0 Å². The van der Waals surface area contributed by atoms with Crippen molar-refractivity contribution in [2.45, 2.75) is 33.6 Å². The molecule has 0 saturated heterocycles. The first-order valence-electron chi connectivity index (χ1n) is 9.63. The van der Waals surface area contributed by atoms with Gasteiger partial charge >= 0.3 is 0 Å². The monoisotopic (exact) mass is 446 g/mol. The van der Waals surface area contributed by atoms with Crippen LogP contribution in [-0.2, 0) is 0 Å². The van der Waals surface area contributed by atoms with Gasteiger partial charge in [-0.15, -0.1) is 0 Å². The van der Waals surface area contributed by atoms with Crippen molar-refractivity contribution in [3.05, 3.63) is 58.1 Å². The first-order valence-corrected chi connectivity index (χ1v) is 10.4. The van der Waals surface area contributed by atoms with Crippen molar-refractivity contribution in [1.82, 2.24) is 4.90 Å². The largest absolute Gasteiger partial charge is 0.493 e. The third kappa shape index (κ3) is 5.83. The molecule has 5 nitrogen and oxygen atoms in total. The Bertz CT molecular complexity index is 800. The Morgan fingerprint density at radius 1 is 0.964 bits per heavy atom. The number of halogens is 1. The lowest BCUT2D eigenvalue weighted by Gasteiger charge is -2.21. The number of hydrogen-bond acceptors (Lipinski definition) is 3. The van der Waals surface area contributed by atoms with E-state index in [2.05, 4.69) is 35.1 Å². The predicted molar refractivity (Wildman–Crippen MR) is 116 cm³/mol. The molecule has 2 rings (SSSR count). The smallest absolute Gasteiger partial charge is 0.255 e. The lowest BCUT2D eigenvalue weighted by Crippen LogP contribution is -2.32. The van der Waals surface area contributed by atoms with Crippen LogP contribution in [0.5, 0.6) is 5.75 Å². The molecule has 0 aliphatic carbocycles. The van der Waals surface area contributed by atoms with Crippen molar-refractivity contribution in [3.8, 4) is 5.75 Å². The molecule has 0 fully saturated rings. The van der Waals surface area contributed by atoms with Gasteiger partial charge < -0.3 is 15.0 Å². The van der Waals surface area contributed by atoms with Gasteiger partial charge in [0.1, 0.15) is 5.75 Å². The molecule has 0 bridgehead atoms. The van der Waals surface area contributed by atoms with E-state index in [1.165, 1.54) is 0 Å². The maximum Gasteiger partial charge on any atom is 0.255 e. The molecule has 6 heteroatoms. The van der Waals surface area contributed by atoms with Crippen LogP contribution in [0.4, 0.5) is 5.69 Å². The fourth-order valence-corrected chi connectivity index (χ4v) is 3.34. The minimum absolute atomic E-state index is 0.0250. The Labute approximate surface area is 175 Å². The lowest BCUT2D eigenvalue weighted by atomic mass is 10.1. The second-order valence-corrected chi connectivity index (χ2v) is 7.26. The molecule has 0 aromatic heterocycles. The summed E-state index contributed by atoms with van der Waals surface area (Å²) in [6.07, 6.45) is 1.86. The van der Waals surface area contributed by atoms with Crippen molar-refractivity contribution in [3.63, 3.8) is 0 Å². The number of nitrogens with one attached hydrogen (secondary N) is 1. The molecule has 1 N–H and O–H groups in total. The highest BCUT2D eigenvalue weighted by molar-refractivity contribution is 9.10. The van der Waals surface area contributed by atoms with Crippen LogP contribution in [0.1, 0.15) is 54.3 Å². The fraction of sp³-hybridized carbons (Fsp3) is 0.364. The summed E-state index contributed by atoms with van der Waals surface area (Å²) in [7, 11) is 0. The predicted octanol–water partition coefficient (Wildman–Crippen LogP) is 5.36. The lowest BCUT2D eigenvalue weighted by molar-refractivity contribution is 0.0755. The summed E-state index contributed by atoms with van der Waals surface area (Å²) in [6.45, 7) is 8.09. The quantitative estimate of drug-likeness (QED) is 0.563. The molecular formula is C22H27BrN2O3. The number of nitrogens with zero attached hydrogens (tertiary/aromatic N) is 1. The zero-order chi connectivity index (χ0) is 20.5. The second kappa shape index (κ2) is 10.9. The van der Waals surface area contributed by atoms with Crippen molar-refractivity contribution in [2.24, 2.45) is 0 Å². The maximum atomic E-state index is 12.6. The summed E-state index contributed by atoms with van der Waals surface area (Å²) in [5.74, 6) is 0.504. The molecule has 0 radical (unpaired) electrons. The normalized spacial score (nSPS) is 10.4. The highest BCUT2D eigenvalue weighted by Gasteiger charge is 2.15. The molecule has 28 heavy (non-hydrogen) atoms. The zero-order valence-corrected chi connectivity index (χ0v) is 18.2. The summed E-state index contributed by atoms with van der Waals surface area (Å²) in [5, 5.41) is 2.86. The number of carbonyl (C=O) groups is 2. The van der Waals surface area contributed by atoms with Gasteiger partial charge in [0, 0.05) is 29.9 Å². The number of hydrogen-bond donors (Lipinski definition) is 1. The summed E-state index contributed by atoms with van der Waals surface area (Å²) in [4.78, 5) is 27.0. The highest BCUT2D eigenvalue weighted by atomic mass is 79.9. The summed E-state index contributed by atoms with van der Waals surface area (Å²) in [5.41, 5.74) is 1.79. The van der Waals surface area contributed by atoms with E-state index in [-0.39, 0.29) is 11.8 Å². The Kier molecular flexibility index (Phi) is 8.51. The van der Waals surface area contributed by atoms with Gasteiger partial charge in [-0.25, -0.2) is 0 Å². The van der Waals surface area contributed by atoms with Crippen LogP contribution in [0.15, 0.2) is 46.9 Å². The van der Waals surface area contributed by atoms with Crippen molar-refractivity contribution < 1.29 is 14.3 Å². The molecule has 0 heterocycles. The first-order chi connectivity index (χ1) is 13.5. The third-order valence-electron chi connectivity index (χ3n) is 4.16. The Morgan fingerprint density at radius 2 is 1.57 bits per heavy atom. The molecule has 0 saturated carbocycles. The molecule has 0 spiro atoms. The molecule has 2 aromatic rings. The van der Waals surface area contributed by atoms with Gasteiger partial charge in [-0.3, -0.25) is 9.59 Å². The molecule has 0 aliphatic rings. The van der Waals surface area contributed by atoms with E-state index in [0.29, 0.717) is 29.2 Å². The van der Waals surface area contributed by atoms with Crippen LogP contribution in [0.3, 0.4) is 0 Å². The van der Waals surface area contributed by atoms with Crippen molar-refractivity contribution in [1.29, 1.82) is 0 Å². The topological polar surface area (TPSA) is 58.6 Å². The van der Waals surface area contributed by atoms with E-state index >= 15 is 0 Å². The van der Waals surface area contributed by atoms with Crippen LogP contribution in [0, 0.1) is 0 Å². The van der Waals surface area contributed by atoms with E-state index in [4.69, 9.17) is 4.74 Å².